The topological polar surface area (TPSA) is 56.7 Å². The van der Waals surface area contributed by atoms with Crippen molar-refractivity contribution in [1.82, 2.24) is 19.5 Å². The van der Waals surface area contributed by atoms with Crippen LogP contribution in [0.1, 0.15) is 6.85 Å². The highest BCUT2D eigenvalue weighted by molar-refractivity contribution is 6.17. The largest absolute Gasteiger partial charge is 0.455 e. The molecule has 0 saturated carbocycles. The predicted molar refractivity (Wildman–Crippen MR) is 264 cm³/mol. The van der Waals surface area contributed by atoms with Crippen LogP contribution in [0.5, 0.6) is 0 Å². The van der Waals surface area contributed by atoms with Gasteiger partial charge in [0.05, 0.1) is 23.5 Å². The number of hydrogen-bond donors (Lipinski definition) is 0. The normalized spacial score (nSPS) is 12.8. The van der Waals surface area contributed by atoms with Crippen LogP contribution in [0.15, 0.2) is 223 Å². The Balaban J connectivity index is 1.13. The van der Waals surface area contributed by atoms with E-state index >= 15 is 0 Å². The minimum Gasteiger partial charge on any atom is -0.455 e. The van der Waals surface area contributed by atoms with Crippen molar-refractivity contribution >= 4 is 65.3 Å². The first-order chi connectivity index (χ1) is 33.8. The molecular formula is C59H36N4O. The lowest BCUT2D eigenvalue weighted by atomic mass is 9.95. The van der Waals surface area contributed by atoms with Crippen LogP contribution < -0.4 is 0 Å². The second-order valence-electron chi connectivity index (χ2n) is 16.0. The van der Waals surface area contributed by atoms with Crippen molar-refractivity contribution in [3.63, 3.8) is 0 Å². The van der Waals surface area contributed by atoms with E-state index < -0.39 is 30.2 Å². The highest BCUT2D eigenvalue weighted by Gasteiger charge is 2.23. The Labute approximate surface area is 375 Å². The van der Waals surface area contributed by atoms with Gasteiger partial charge in [-0.15, -0.1) is 0 Å². The van der Waals surface area contributed by atoms with E-state index in [0.717, 1.165) is 82.1 Å². The maximum atomic E-state index is 9.07. The number of rotatable bonds is 6. The molecule has 13 aromatic rings. The molecule has 0 bridgehead atoms. The third-order valence-electron chi connectivity index (χ3n) is 12.3. The molecule has 0 aliphatic heterocycles. The van der Waals surface area contributed by atoms with Gasteiger partial charge in [0.2, 0.25) is 0 Å². The highest BCUT2D eigenvalue weighted by atomic mass is 16.3. The summed E-state index contributed by atoms with van der Waals surface area (Å²) in [6.45, 7) is 0. The van der Waals surface area contributed by atoms with Gasteiger partial charge in [-0.3, -0.25) is 0 Å². The molecule has 0 radical (unpaired) electrons. The molecule has 0 unspecified atom stereocenters. The minimum absolute atomic E-state index is 0.0597. The first kappa shape index (κ1) is 31.2. The van der Waals surface area contributed by atoms with Crippen LogP contribution in [0.3, 0.4) is 0 Å². The summed E-state index contributed by atoms with van der Waals surface area (Å²) in [5.41, 5.74) is 9.29. The van der Waals surface area contributed by atoms with E-state index in [0.29, 0.717) is 22.3 Å². The molecule has 0 N–H and O–H groups in total. The molecule has 10 aromatic carbocycles. The van der Waals surface area contributed by atoms with Gasteiger partial charge in [-0.2, -0.15) is 0 Å². The summed E-state index contributed by atoms with van der Waals surface area (Å²) in [5.74, 6) is 0.414. The molecular weight excluding hydrogens is 781 g/mol. The Hall–Kier alpha value is -8.67. The SMILES string of the molecule is [2H]c1c([2H])c([2H])c(-c2nc(-c3ccc4c(ccc5ccccc54)c3)nc(-c3cc(-n4c5ccccc5c5ccccc54)cc4c3oc3cccc(-c5cccc(-c6ccccc6)c5)c34)n2)c([2H])c1[2H]. The summed E-state index contributed by atoms with van der Waals surface area (Å²) in [5, 5.41) is 8.18. The molecule has 298 valence electrons. The summed E-state index contributed by atoms with van der Waals surface area (Å²) in [4.78, 5) is 15.2. The number of nitrogens with zero attached hydrogens (tertiary/aromatic N) is 4. The van der Waals surface area contributed by atoms with Crippen LogP contribution in [0.2, 0.25) is 0 Å². The smallest absolute Gasteiger partial charge is 0.167 e. The molecule has 3 aromatic heterocycles. The van der Waals surface area contributed by atoms with Gasteiger partial charge in [-0.25, -0.2) is 15.0 Å². The molecule has 5 nitrogen and oxygen atoms in total. The zero-order valence-electron chi connectivity index (χ0n) is 39.1. The molecule has 3 heterocycles. The van der Waals surface area contributed by atoms with Gasteiger partial charge >= 0.3 is 0 Å². The molecule has 64 heavy (non-hydrogen) atoms. The van der Waals surface area contributed by atoms with Gasteiger partial charge in [-0.05, 0) is 86.3 Å². The summed E-state index contributed by atoms with van der Waals surface area (Å²) in [7, 11) is 0. The molecule has 0 aliphatic carbocycles. The molecule has 0 aliphatic rings. The van der Waals surface area contributed by atoms with Crippen LogP contribution in [0.4, 0.5) is 0 Å². The third kappa shape index (κ3) is 5.83. The van der Waals surface area contributed by atoms with Crippen molar-refractivity contribution in [3.05, 3.63) is 218 Å². The predicted octanol–water partition coefficient (Wildman–Crippen LogP) is 15.5. The van der Waals surface area contributed by atoms with Crippen molar-refractivity contribution in [3.8, 4) is 62.1 Å². The van der Waals surface area contributed by atoms with Gasteiger partial charge in [0.1, 0.15) is 11.2 Å². The molecule has 0 fully saturated rings. The first-order valence-electron chi connectivity index (χ1n) is 23.7. The Bertz CT molecular complexity index is 4200. The van der Waals surface area contributed by atoms with Gasteiger partial charge in [0, 0.05) is 38.4 Å². The van der Waals surface area contributed by atoms with Crippen LogP contribution in [-0.2, 0) is 0 Å². The fourth-order valence-electron chi connectivity index (χ4n) is 9.40. The molecule has 0 atom stereocenters. The molecule has 13 rings (SSSR count). The van der Waals surface area contributed by atoms with E-state index in [-0.39, 0.29) is 23.0 Å². The minimum atomic E-state index is -0.502. The number of aromatic nitrogens is 4. The summed E-state index contributed by atoms with van der Waals surface area (Å²) < 4.78 is 53.1. The van der Waals surface area contributed by atoms with Gasteiger partial charge in [0.15, 0.2) is 17.5 Å². The van der Waals surface area contributed by atoms with Crippen molar-refractivity contribution < 1.29 is 11.3 Å². The zero-order valence-corrected chi connectivity index (χ0v) is 34.1. The van der Waals surface area contributed by atoms with E-state index in [4.69, 9.17) is 26.2 Å². The van der Waals surface area contributed by atoms with E-state index in [9.17, 15) is 0 Å². The van der Waals surface area contributed by atoms with E-state index in [1.165, 1.54) is 0 Å². The van der Waals surface area contributed by atoms with E-state index in [2.05, 4.69) is 120 Å². The van der Waals surface area contributed by atoms with Crippen LogP contribution in [0.25, 0.3) is 127 Å². The second-order valence-corrected chi connectivity index (χ2v) is 16.0. The van der Waals surface area contributed by atoms with Crippen LogP contribution in [-0.4, -0.2) is 19.5 Å². The maximum absolute atomic E-state index is 9.07. The summed E-state index contributed by atoms with van der Waals surface area (Å²) in [6.07, 6.45) is 0. The van der Waals surface area contributed by atoms with Crippen LogP contribution >= 0.6 is 0 Å². The Morgan fingerprint density at radius 1 is 0.391 bits per heavy atom. The number of benzene rings is 10. The molecule has 0 saturated heterocycles. The van der Waals surface area contributed by atoms with Gasteiger partial charge in [-0.1, -0.05) is 176 Å². The average molecular weight is 822 g/mol. The van der Waals surface area contributed by atoms with E-state index in [1.807, 2.05) is 72.8 Å². The average Bonchev–Trinajstić information content (AvgIpc) is 3.95. The Kier molecular flexibility index (Phi) is 7.06. The molecule has 0 spiro atoms. The van der Waals surface area contributed by atoms with E-state index in [1.54, 1.807) is 0 Å². The Morgan fingerprint density at radius 2 is 1.03 bits per heavy atom. The third-order valence-corrected chi connectivity index (χ3v) is 12.3. The van der Waals surface area contributed by atoms with Crippen molar-refractivity contribution in [1.29, 1.82) is 0 Å². The lowest BCUT2D eigenvalue weighted by Gasteiger charge is -2.13. The van der Waals surface area contributed by atoms with Crippen molar-refractivity contribution in [2.75, 3.05) is 0 Å². The van der Waals surface area contributed by atoms with Gasteiger partial charge < -0.3 is 8.98 Å². The highest BCUT2D eigenvalue weighted by Crippen LogP contribution is 2.44. The number of furan rings is 1. The van der Waals surface area contributed by atoms with Crippen molar-refractivity contribution in [2.24, 2.45) is 0 Å². The number of hydrogen-bond acceptors (Lipinski definition) is 4. The second kappa shape index (κ2) is 14.5. The number of para-hydroxylation sites is 2. The zero-order chi connectivity index (χ0) is 46.5. The fourth-order valence-corrected chi connectivity index (χ4v) is 9.40. The molecule has 5 heteroatoms. The van der Waals surface area contributed by atoms with Crippen LogP contribution in [0, 0.1) is 0 Å². The monoisotopic (exact) mass is 821 g/mol. The molecule has 0 amide bonds. The lowest BCUT2D eigenvalue weighted by Crippen LogP contribution is -2.01. The van der Waals surface area contributed by atoms with Crippen molar-refractivity contribution in [2.45, 2.75) is 0 Å². The summed E-state index contributed by atoms with van der Waals surface area (Å²) >= 11 is 0. The number of fused-ring (bicyclic) bond motifs is 9. The standard InChI is InChI=1S/C59H36N4O/c1-3-15-37(16-4-1)40-20-13-21-41(33-40)47-25-14-28-54-55(47)50-35-44(63-52-26-11-9-23-48(52)49-24-10-12-27-53(49)63)36-51(56(50)64-54)59-61-57(39-18-5-2-6-19-39)60-58(62-59)43-31-32-46-42(34-43)30-29-38-17-7-8-22-45(38)46/h1-36H/i2D,5D,6D,18D,19D. The fraction of sp³-hybridized carbons (Fsp3) is 0. The summed E-state index contributed by atoms with van der Waals surface area (Å²) in [6, 6.07) is 62.0. The first-order valence-corrected chi connectivity index (χ1v) is 21.2. The maximum Gasteiger partial charge on any atom is 0.167 e. The quantitative estimate of drug-likeness (QED) is 0.157. The Morgan fingerprint density at radius 3 is 1.84 bits per heavy atom. The van der Waals surface area contributed by atoms with Gasteiger partial charge in [0.25, 0.3) is 0 Å². The lowest BCUT2D eigenvalue weighted by molar-refractivity contribution is 0.669.